The molecule has 0 aliphatic rings. The second kappa shape index (κ2) is 7.70. The van der Waals surface area contributed by atoms with E-state index >= 15 is 0 Å². The Balaban J connectivity index is 2.12. The average molecular weight is 360 g/mol. The molecule has 0 saturated heterocycles. The molecular formula is C19H24N2O3S. The van der Waals surface area contributed by atoms with E-state index in [0.717, 1.165) is 16.7 Å². The van der Waals surface area contributed by atoms with E-state index < -0.39 is 10.0 Å². The number of hydrogen-bond acceptors (Lipinski definition) is 3. The number of amides is 1. The predicted octanol–water partition coefficient (Wildman–Crippen LogP) is 2.81. The number of rotatable bonds is 6. The second-order valence-electron chi connectivity index (χ2n) is 6.25. The van der Waals surface area contributed by atoms with Gasteiger partial charge in [-0.1, -0.05) is 29.8 Å². The van der Waals surface area contributed by atoms with Crippen molar-refractivity contribution in [1.82, 2.24) is 5.32 Å². The first-order valence-corrected chi connectivity index (χ1v) is 9.93. The van der Waals surface area contributed by atoms with Crippen LogP contribution < -0.4 is 9.62 Å². The molecule has 0 aromatic heterocycles. The zero-order chi connectivity index (χ0) is 18.6. The molecule has 0 radical (unpaired) electrons. The van der Waals surface area contributed by atoms with Gasteiger partial charge in [0.05, 0.1) is 18.5 Å². The Labute approximate surface area is 149 Å². The molecule has 5 nitrogen and oxygen atoms in total. The molecule has 0 unspecified atom stereocenters. The SMILES string of the molecule is Cc1cccc(C(=O)NCCN(c2cc(C)ccc2C)S(C)(=O)=O)c1. The molecule has 0 aliphatic heterocycles. The van der Waals surface area contributed by atoms with E-state index in [9.17, 15) is 13.2 Å². The summed E-state index contributed by atoms with van der Waals surface area (Å²) < 4.78 is 25.7. The summed E-state index contributed by atoms with van der Waals surface area (Å²) in [6.07, 6.45) is 1.18. The number of carbonyl (C=O) groups excluding carboxylic acids is 1. The lowest BCUT2D eigenvalue weighted by atomic mass is 10.1. The van der Waals surface area contributed by atoms with Crippen molar-refractivity contribution in [2.45, 2.75) is 20.8 Å². The number of anilines is 1. The van der Waals surface area contributed by atoms with E-state index in [1.165, 1.54) is 10.6 Å². The van der Waals surface area contributed by atoms with E-state index in [0.29, 0.717) is 11.3 Å². The van der Waals surface area contributed by atoms with Crippen LogP contribution in [0.5, 0.6) is 0 Å². The molecule has 2 aromatic rings. The van der Waals surface area contributed by atoms with Crippen LogP contribution in [0, 0.1) is 20.8 Å². The third kappa shape index (κ3) is 5.06. The summed E-state index contributed by atoms with van der Waals surface area (Å²) >= 11 is 0. The molecule has 6 heteroatoms. The van der Waals surface area contributed by atoms with E-state index in [1.54, 1.807) is 12.1 Å². The molecule has 0 heterocycles. The highest BCUT2D eigenvalue weighted by Crippen LogP contribution is 2.23. The third-order valence-corrected chi connectivity index (χ3v) is 5.09. The maximum absolute atomic E-state index is 12.2. The van der Waals surface area contributed by atoms with Crippen LogP contribution in [0.15, 0.2) is 42.5 Å². The highest BCUT2D eigenvalue weighted by molar-refractivity contribution is 7.92. The highest BCUT2D eigenvalue weighted by Gasteiger charge is 2.19. The Bertz CT molecular complexity index is 876. The van der Waals surface area contributed by atoms with Crippen molar-refractivity contribution in [2.24, 2.45) is 0 Å². The summed E-state index contributed by atoms with van der Waals surface area (Å²) in [7, 11) is -3.44. The van der Waals surface area contributed by atoms with Gasteiger partial charge in [-0.15, -0.1) is 0 Å². The Hall–Kier alpha value is -2.34. The molecule has 1 amide bonds. The average Bonchev–Trinajstić information content (AvgIpc) is 2.53. The van der Waals surface area contributed by atoms with Crippen LogP contribution in [-0.2, 0) is 10.0 Å². The topological polar surface area (TPSA) is 66.5 Å². The van der Waals surface area contributed by atoms with Crippen molar-refractivity contribution in [1.29, 1.82) is 0 Å². The quantitative estimate of drug-likeness (QED) is 0.861. The molecule has 2 rings (SSSR count). The summed E-state index contributed by atoms with van der Waals surface area (Å²) in [5.41, 5.74) is 4.07. The number of benzene rings is 2. The van der Waals surface area contributed by atoms with Crippen LogP contribution in [-0.4, -0.2) is 33.7 Å². The molecule has 0 saturated carbocycles. The molecule has 0 atom stereocenters. The summed E-state index contributed by atoms with van der Waals surface area (Å²) in [5.74, 6) is -0.210. The fraction of sp³-hybridized carbons (Fsp3) is 0.316. The van der Waals surface area contributed by atoms with Crippen molar-refractivity contribution in [3.8, 4) is 0 Å². The van der Waals surface area contributed by atoms with Gasteiger partial charge < -0.3 is 5.32 Å². The Kier molecular flexibility index (Phi) is 5.85. The standard InChI is InChI=1S/C19H24N2O3S/c1-14-6-5-7-17(12-14)19(22)20-10-11-21(25(4,23)24)18-13-15(2)8-9-16(18)3/h5-9,12-13H,10-11H2,1-4H3,(H,20,22). The van der Waals surface area contributed by atoms with E-state index in [1.807, 2.05) is 51.1 Å². The van der Waals surface area contributed by atoms with Crippen molar-refractivity contribution in [3.05, 3.63) is 64.7 Å². The highest BCUT2D eigenvalue weighted by atomic mass is 32.2. The predicted molar refractivity (Wildman–Crippen MR) is 102 cm³/mol. The van der Waals surface area contributed by atoms with Crippen molar-refractivity contribution < 1.29 is 13.2 Å². The molecule has 25 heavy (non-hydrogen) atoms. The van der Waals surface area contributed by atoms with Crippen LogP contribution in [0.1, 0.15) is 27.0 Å². The smallest absolute Gasteiger partial charge is 0.251 e. The minimum Gasteiger partial charge on any atom is -0.350 e. The molecule has 0 bridgehead atoms. The second-order valence-corrected chi connectivity index (χ2v) is 8.16. The number of hydrogen-bond donors (Lipinski definition) is 1. The lowest BCUT2D eigenvalue weighted by molar-refractivity contribution is 0.0954. The maximum atomic E-state index is 12.2. The maximum Gasteiger partial charge on any atom is 0.251 e. The van der Waals surface area contributed by atoms with Crippen LogP contribution in [0.2, 0.25) is 0 Å². The number of nitrogens with zero attached hydrogens (tertiary/aromatic N) is 1. The fourth-order valence-corrected chi connectivity index (χ4v) is 3.59. The Morgan fingerprint density at radius 3 is 2.36 bits per heavy atom. The van der Waals surface area contributed by atoms with Crippen LogP contribution in [0.4, 0.5) is 5.69 Å². The zero-order valence-electron chi connectivity index (χ0n) is 15.0. The van der Waals surface area contributed by atoms with E-state index in [-0.39, 0.29) is 19.0 Å². The first kappa shape index (κ1) is 19.0. The molecule has 1 N–H and O–H groups in total. The van der Waals surface area contributed by atoms with Gasteiger partial charge in [-0.25, -0.2) is 8.42 Å². The number of sulfonamides is 1. The minimum absolute atomic E-state index is 0.181. The third-order valence-electron chi connectivity index (χ3n) is 3.91. The number of nitrogens with one attached hydrogen (secondary N) is 1. The van der Waals surface area contributed by atoms with Crippen molar-refractivity contribution in [3.63, 3.8) is 0 Å². The lowest BCUT2D eigenvalue weighted by Gasteiger charge is -2.24. The fourth-order valence-electron chi connectivity index (χ4n) is 2.61. The largest absolute Gasteiger partial charge is 0.350 e. The molecular weight excluding hydrogens is 336 g/mol. The molecule has 2 aromatic carbocycles. The zero-order valence-corrected chi connectivity index (χ0v) is 15.9. The summed E-state index contributed by atoms with van der Waals surface area (Å²) in [6.45, 7) is 6.12. The minimum atomic E-state index is -3.44. The van der Waals surface area contributed by atoms with Gasteiger partial charge in [0.1, 0.15) is 0 Å². The van der Waals surface area contributed by atoms with E-state index in [4.69, 9.17) is 0 Å². The first-order chi connectivity index (χ1) is 11.7. The van der Waals surface area contributed by atoms with E-state index in [2.05, 4.69) is 5.32 Å². The van der Waals surface area contributed by atoms with Crippen LogP contribution in [0.25, 0.3) is 0 Å². The van der Waals surface area contributed by atoms with Gasteiger partial charge in [0.25, 0.3) is 5.91 Å². The van der Waals surface area contributed by atoms with Crippen molar-refractivity contribution >= 4 is 21.6 Å². The Morgan fingerprint density at radius 2 is 1.72 bits per heavy atom. The van der Waals surface area contributed by atoms with Gasteiger partial charge in [0.2, 0.25) is 10.0 Å². The normalized spacial score (nSPS) is 11.2. The summed E-state index contributed by atoms with van der Waals surface area (Å²) in [4.78, 5) is 12.2. The molecule has 134 valence electrons. The van der Waals surface area contributed by atoms with Gasteiger partial charge in [0.15, 0.2) is 0 Å². The molecule has 0 spiro atoms. The number of aryl methyl sites for hydroxylation is 3. The van der Waals surface area contributed by atoms with Gasteiger partial charge in [-0.05, 0) is 50.1 Å². The lowest BCUT2D eigenvalue weighted by Crippen LogP contribution is -2.38. The monoisotopic (exact) mass is 360 g/mol. The molecule has 0 aliphatic carbocycles. The summed E-state index contributed by atoms with van der Waals surface area (Å²) in [6, 6.07) is 13.0. The van der Waals surface area contributed by atoms with Crippen LogP contribution >= 0.6 is 0 Å². The summed E-state index contributed by atoms with van der Waals surface area (Å²) in [5, 5.41) is 2.79. The molecule has 0 fully saturated rings. The first-order valence-electron chi connectivity index (χ1n) is 8.08. The van der Waals surface area contributed by atoms with Crippen LogP contribution in [0.3, 0.4) is 0 Å². The number of carbonyl (C=O) groups is 1. The Morgan fingerprint density at radius 1 is 1.04 bits per heavy atom. The van der Waals surface area contributed by atoms with Gasteiger partial charge in [0, 0.05) is 12.1 Å². The van der Waals surface area contributed by atoms with Gasteiger partial charge in [-0.3, -0.25) is 9.10 Å². The van der Waals surface area contributed by atoms with Crippen molar-refractivity contribution in [2.75, 3.05) is 23.7 Å². The van der Waals surface area contributed by atoms with Gasteiger partial charge in [-0.2, -0.15) is 0 Å². The van der Waals surface area contributed by atoms with Gasteiger partial charge >= 0.3 is 0 Å².